The predicted molar refractivity (Wildman–Crippen MR) is 84.5 cm³/mol. The summed E-state index contributed by atoms with van der Waals surface area (Å²) in [5, 5.41) is 9.14. The predicted octanol–water partition coefficient (Wildman–Crippen LogP) is 1.44. The smallest absolute Gasteiger partial charge is 0.234 e. The summed E-state index contributed by atoms with van der Waals surface area (Å²) < 4.78 is 0. The van der Waals surface area contributed by atoms with Gasteiger partial charge in [-0.15, -0.1) is 11.3 Å². The Bertz CT molecular complexity index is 652. The maximum absolute atomic E-state index is 11.8. The second-order valence-electron chi connectivity index (χ2n) is 5.39. The van der Waals surface area contributed by atoms with Crippen molar-refractivity contribution >= 4 is 33.3 Å². The van der Waals surface area contributed by atoms with Crippen LogP contribution in [0.2, 0.25) is 0 Å². The summed E-state index contributed by atoms with van der Waals surface area (Å²) in [7, 11) is 3.77. The lowest BCUT2D eigenvalue weighted by molar-refractivity contribution is -0.122. The molecule has 0 saturated heterocycles. The molecule has 1 fully saturated rings. The first-order chi connectivity index (χ1) is 10.2. The van der Waals surface area contributed by atoms with Crippen LogP contribution in [0.15, 0.2) is 11.4 Å². The zero-order chi connectivity index (χ0) is 14.8. The molecule has 0 spiro atoms. The van der Waals surface area contributed by atoms with E-state index >= 15 is 0 Å². The number of hydrogen-bond donors (Lipinski definition) is 2. The Morgan fingerprint density at radius 3 is 3.00 bits per heavy atom. The van der Waals surface area contributed by atoms with Gasteiger partial charge in [0, 0.05) is 13.1 Å². The van der Waals surface area contributed by atoms with Crippen molar-refractivity contribution in [3.05, 3.63) is 17.3 Å². The van der Waals surface area contributed by atoms with Crippen molar-refractivity contribution in [2.24, 2.45) is 0 Å². The summed E-state index contributed by atoms with van der Waals surface area (Å²) in [5.74, 6) is 1.65. The Morgan fingerprint density at radius 2 is 2.29 bits per heavy atom. The van der Waals surface area contributed by atoms with Crippen LogP contribution in [0.4, 0.5) is 5.82 Å². The number of hydrogen-bond acceptors (Lipinski definition) is 6. The van der Waals surface area contributed by atoms with Crippen molar-refractivity contribution < 1.29 is 4.79 Å². The van der Waals surface area contributed by atoms with E-state index in [0.717, 1.165) is 34.7 Å². The maximum Gasteiger partial charge on any atom is 0.234 e. The molecule has 0 bridgehead atoms. The van der Waals surface area contributed by atoms with Crippen LogP contribution in [0.3, 0.4) is 0 Å². The number of amides is 1. The van der Waals surface area contributed by atoms with E-state index in [2.05, 4.69) is 20.6 Å². The first-order valence-corrected chi connectivity index (χ1v) is 7.93. The van der Waals surface area contributed by atoms with Crippen LogP contribution in [0, 0.1) is 0 Å². The lowest BCUT2D eigenvalue weighted by atomic mass is 10.3. The third-order valence-electron chi connectivity index (χ3n) is 3.38. The number of carbonyl (C=O) groups excluding carboxylic acids is 1. The average Bonchev–Trinajstić information content (AvgIpc) is 3.12. The number of aromatic nitrogens is 2. The molecule has 0 radical (unpaired) electrons. The fourth-order valence-corrected chi connectivity index (χ4v) is 2.99. The molecule has 2 aromatic heterocycles. The quantitative estimate of drug-likeness (QED) is 0.845. The number of nitrogens with zero attached hydrogens (tertiary/aromatic N) is 3. The van der Waals surface area contributed by atoms with Crippen LogP contribution in [-0.4, -0.2) is 47.5 Å². The van der Waals surface area contributed by atoms with E-state index < -0.39 is 0 Å². The van der Waals surface area contributed by atoms with Gasteiger partial charge in [-0.2, -0.15) is 0 Å². The highest BCUT2D eigenvalue weighted by Gasteiger charge is 2.23. The minimum atomic E-state index is 0.0750. The molecular formula is C14H19N5OS. The van der Waals surface area contributed by atoms with Gasteiger partial charge in [-0.05, 0) is 31.3 Å². The van der Waals surface area contributed by atoms with Crippen LogP contribution in [-0.2, 0) is 11.3 Å². The van der Waals surface area contributed by atoms with Crippen molar-refractivity contribution in [2.45, 2.75) is 25.4 Å². The van der Waals surface area contributed by atoms with Crippen LogP contribution in [0.1, 0.15) is 18.7 Å². The van der Waals surface area contributed by atoms with E-state index in [9.17, 15) is 4.79 Å². The molecule has 21 heavy (non-hydrogen) atoms. The molecule has 6 nitrogen and oxygen atoms in total. The fourth-order valence-electron chi connectivity index (χ4n) is 2.20. The fraction of sp³-hybridized carbons (Fsp3) is 0.500. The van der Waals surface area contributed by atoms with Crippen molar-refractivity contribution in [2.75, 3.05) is 26.0 Å². The maximum atomic E-state index is 11.8. The zero-order valence-corrected chi connectivity index (χ0v) is 13.0. The Labute approximate surface area is 127 Å². The van der Waals surface area contributed by atoms with Gasteiger partial charge in [0.05, 0.1) is 18.5 Å². The standard InChI is InChI=1S/C14H19N5OS/c1-15-13-10-5-6-21-14(10)18-11(17-13)7-19(2)8-12(20)16-9-3-4-9/h5-6,9H,3-4,7-8H2,1-2H3,(H,16,20)(H,15,17,18). The molecule has 2 heterocycles. The van der Waals surface area contributed by atoms with E-state index in [1.165, 1.54) is 0 Å². The first-order valence-electron chi connectivity index (χ1n) is 7.05. The SMILES string of the molecule is CNc1nc(CN(C)CC(=O)NC2CC2)nc2sccc12. The number of fused-ring (bicyclic) bond motifs is 1. The first kappa shape index (κ1) is 14.2. The van der Waals surface area contributed by atoms with Crippen LogP contribution >= 0.6 is 11.3 Å². The van der Waals surface area contributed by atoms with Crippen molar-refractivity contribution in [1.29, 1.82) is 0 Å². The molecule has 0 unspecified atom stereocenters. The molecule has 1 aliphatic carbocycles. The lowest BCUT2D eigenvalue weighted by Crippen LogP contribution is -2.36. The molecule has 1 amide bonds. The highest BCUT2D eigenvalue weighted by atomic mass is 32.1. The van der Waals surface area contributed by atoms with Crippen molar-refractivity contribution in [3.63, 3.8) is 0 Å². The number of thiophene rings is 1. The van der Waals surface area contributed by atoms with Gasteiger partial charge in [0.1, 0.15) is 16.5 Å². The Balaban J connectivity index is 1.66. The lowest BCUT2D eigenvalue weighted by Gasteiger charge is -2.15. The van der Waals surface area contributed by atoms with E-state index in [4.69, 9.17) is 0 Å². The molecule has 2 N–H and O–H groups in total. The van der Waals surface area contributed by atoms with E-state index in [1.54, 1.807) is 11.3 Å². The minimum absolute atomic E-state index is 0.0750. The van der Waals surface area contributed by atoms with Crippen LogP contribution in [0.25, 0.3) is 10.2 Å². The highest BCUT2D eigenvalue weighted by Crippen LogP contribution is 2.24. The van der Waals surface area contributed by atoms with Crippen LogP contribution < -0.4 is 10.6 Å². The van der Waals surface area contributed by atoms with Gasteiger partial charge in [-0.25, -0.2) is 9.97 Å². The van der Waals surface area contributed by atoms with E-state index in [-0.39, 0.29) is 5.91 Å². The summed E-state index contributed by atoms with van der Waals surface area (Å²) in [6, 6.07) is 2.42. The Kier molecular flexibility index (Phi) is 4.03. The average molecular weight is 305 g/mol. The second-order valence-corrected chi connectivity index (χ2v) is 6.29. The van der Waals surface area contributed by atoms with E-state index in [1.807, 2.05) is 30.4 Å². The summed E-state index contributed by atoms with van der Waals surface area (Å²) in [6.45, 7) is 0.928. The summed E-state index contributed by atoms with van der Waals surface area (Å²) in [5.41, 5.74) is 0. The number of likely N-dealkylation sites (N-methyl/N-ethyl adjacent to an activating group) is 1. The molecular weight excluding hydrogens is 286 g/mol. The molecule has 0 aromatic carbocycles. The van der Waals surface area contributed by atoms with Gasteiger partial charge in [-0.1, -0.05) is 0 Å². The normalized spacial score (nSPS) is 14.6. The summed E-state index contributed by atoms with van der Waals surface area (Å²) in [4.78, 5) is 23.8. The molecule has 1 saturated carbocycles. The minimum Gasteiger partial charge on any atom is -0.372 e. The van der Waals surface area contributed by atoms with Gasteiger partial charge in [0.15, 0.2) is 0 Å². The number of anilines is 1. The van der Waals surface area contributed by atoms with Crippen LogP contribution in [0.5, 0.6) is 0 Å². The van der Waals surface area contributed by atoms with Gasteiger partial charge < -0.3 is 10.6 Å². The summed E-state index contributed by atoms with van der Waals surface area (Å²) in [6.07, 6.45) is 2.22. The summed E-state index contributed by atoms with van der Waals surface area (Å²) >= 11 is 1.60. The third-order valence-corrected chi connectivity index (χ3v) is 4.18. The number of nitrogens with one attached hydrogen (secondary N) is 2. The third kappa shape index (κ3) is 3.48. The zero-order valence-electron chi connectivity index (χ0n) is 12.2. The molecule has 0 atom stereocenters. The molecule has 7 heteroatoms. The van der Waals surface area contributed by atoms with E-state index in [0.29, 0.717) is 19.1 Å². The van der Waals surface area contributed by atoms with Crippen molar-refractivity contribution in [1.82, 2.24) is 20.2 Å². The largest absolute Gasteiger partial charge is 0.372 e. The van der Waals surface area contributed by atoms with Crippen molar-refractivity contribution in [3.8, 4) is 0 Å². The van der Waals surface area contributed by atoms with Gasteiger partial charge >= 0.3 is 0 Å². The molecule has 1 aliphatic rings. The van der Waals surface area contributed by atoms with Gasteiger partial charge in [-0.3, -0.25) is 9.69 Å². The molecule has 0 aliphatic heterocycles. The molecule has 3 rings (SSSR count). The number of carbonyl (C=O) groups is 1. The molecule has 112 valence electrons. The number of rotatable bonds is 6. The topological polar surface area (TPSA) is 70.2 Å². The van der Waals surface area contributed by atoms with Gasteiger partial charge in [0.2, 0.25) is 5.91 Å². The second kappa shape index (κ2) is 5.95. The monoisotopic (exact) mass is 305 g/mol. The Hall–Kier alpha value is -1.73. The molecule has 2 aromatic rings. The highest BCUT2D eigenvalue weighted by molar-refractivity contribution is 7.16. The Morgan fingerprint density at radius 1 is 1.48 bits per heavy atom. The van der Waals surface area contributed by atoms with Gasteiger partial charge in [0.25, 0.3) is 0 Å².